The summed E-state index contributed by atoms with van der Waals surface area (Å²) in [6.07, 6.45) is 3.29. The van der Waals surface area contributed by atoms with Gasteiger partial charge < -0.3 is 24.8 Å². The largest absolute Gasteiger partial charge is 0.496 e. The fourth-order valence-corrected chi connectivity index (χ4v) is 4.54. The molecule has 0 spiro atoms. The lowest BCUT2D eigenvalue weighted by atomic mass is 9.95. The molecule has 3 heterocycles. The van der Waals surface area contributed by atoms with Gasteiger partial charge in [0.1, 0.15) is 5.75 Å². The molecule has 2 fully saturated rings. The van der Waals surface area contributed by atoms with Gasteiger partial charge in [0.05, 0.1) is 26.9 Å². The van der Waals surface area contributed by atoms with Crippen LogP contribution in [0.3, 0.4) is 0 Å². The Hall–Kier alpha value is -3.24. The van der Waals surface area contributed by atoms with Gasteiger partial charge in [0.25, 0.3) is 0 Å². The molecule has 2 aliphatic heterocycles. The monoisotopic (exact) mass is 457 g/mol. The van der Waals surface area contributed by atoms with Gasteiger partial charge in [-0.15, -0.1) is 11.3 Å². The quantitative estimate of drug-likeness (QED) is 0.656. The molecule has 4 rings (SSSR count). The van der Waals surface area contributed by atoms with Gasteiger partial charge in [-0.3, -0.25) is 9.59 Å². The molecular weight excluding hydrogens is 434 g/mol. The van der Waals surface area contributed by atoms with Crippen molar-refractivity contribution in [1.29, 1.82) is 0 Å². The van der Waals surface area contributed by atoms with Crippen LogP contribution in [0.1, 0.15) is 40.4 Å². The second kappa shape index (κ2) is 9.49. The highest BCUT2D eigenvalue weighted by Crippen LogP contribution is 2.33. The van der Waals surface area contributed by atoms with Crippen molar-refractivity contribution in [3.63, 3.8) is 0 Å². The number of hydrogen-bond donors (Lipinski definition) is 2. The molecule has 1 atom stereocenters. The van der Waals surface area contributed by atoms with Gasteiger partial charge in [-0.1, -0.05) is 6.07 Å². The maximum absolute atomic E-state index is 12.5. The number of likely N-dealkylation sites (tertiary alicyclic amines) is 1. The summed E-state index contributed by atoms with van der Waals surface area (Å²) in [4.78, 5) is 41.1. The zero-order valence-electron chi connectivity index (χ0n) is 17.5. The first kappa shape index (κ1) is 22.0. The van der Waals surface area contributed by atoms with Crippen molar-refractivity contribution in [1.82, 2.24) is 9.88 Å². The second-order valence-corrected chi connectivity index (χ2v) is 8.53. The zero-order valence-corrected chi connectivity index (χ0v) is 18.3. The molecule has 2 aromatic rings. The molecule has 0 unspecified atom stereocenters. The first-order chi connectivity index (χ1) is 15.4. The molecule has 1 aromatic carbocycles. The SMILES string of the molecule is COc1ccc([C@@H]2CC(=O)N(CC(=O)Nc3nc(C(=O)O)cs3)C2)cc1/C=C1/CCOC1. The Morgan fingerprint density at radius 2 is 2.28 bits per heavy atom. The van der Waals surface area contributed by atoms with Crippen LogP contribution < -0.4 is 10.1 Å². The van der Waals surface area contributed by atoms with Crippen molar-refractivity contribution < 1.29 is 29.0 Å². The molecule has 2 N–H and O–H groups in total. The van der Waals surface area contributed by atoms with Crippen molar-refractivity contribution in [2.24, 2.45) is 0 Å². The lowest BCUT2D eigenvalue weighted by molar-refractivity contribution is -0.131. The van der Waals surface area contributed by atoms with E-state index in [9.17, 15) is 14.4 Å². The minimum atomic E-state index is -1.16. The van der Waals surface area contributed by atoms with Crippen LogP contribution in [0.25, 0.3) is 6.08 Å². The normalized spacial score (nSPS) is 19.5. The Balaban J connectivity index is 1.42. The average molecular weight is 458 g/mol. The number of aromatic nitrogens is 1. The van der Waals surface area contributed by atoms with E-state index in [0.717, 1.165) is 41.2 Å². The highest BCUT2D eigenvalue weighted by molar-refractivity contribution is 7.14. The van der Waals surface area contributed by atoms with Crippen molar-refractivity contribution in [3.05, 3.63) is 46.0 Å². The molecule has 32 heavy (non-hydrogen) atoms. The predicted octanol–water partition coefficient (Wildman–Crippen LogP) is 2.61. The smallest absolute Gasteiger partial charge is 0.355 e. The Morgan fingerprint density at radius 1 is 1.44 bits per heavy atom. The number of carboxylic acids is 1. The highest BCUT2D eigenvalue weighted by Gasteiger charge is 2.32. The molecule has 1 aromatic heterocycles. The third-order valence-electron chi connectivity index (χ3n) is 5.46. The number of carbonyl (C=O) groups is 3. The molecule has 9 nitrogen and oxygen atoms in total. The number of benzene rings is 1. The molecule has 0 bridgehead atoms. The van der Waals surface area contributed by atoms with Crippen molar-refractivity contribution in [3.8, 4) is 5.75 Å². The number of methoxy groups -OCH3 is 1. The van der Waals surface area contributed by atoms with E-state index in [-0.39, 0.29) is 29.2 Å². The summed E-state index contributed by atoms with van der Waals surface area (Å²) in [5.41, 5.74) is 3.04. The fraction of sp³-hybridized carbons (Fsp3) is 0.364. The summed E-state index contributed by atoms with van der Waals surface area (Å²) in [5.74, 6) is -0.939. The summed E-state index contributed by atoms with van der Waals surface area (Å²) in [6.45, 7) is 1.66. The molecule has 2 saturated heterocycles. The van der Waals surface area contributed by atoms with E-state index < -0.39 is 11.9 Å². The maximum atomic E-state index is 12.5. The highest BCUT2D eigenvalue weighted by atomic mass is 32.1. The molecule has 168 valence electrons. The number of carbonyl (C=O) groups excluding carboxylic acids is 2. The second-order valence-electron chi connectivity index (χ2n) is 7.67. The number of carboxylic acid groups (broad SMARTS) is 1. The minimum Gasteiger partial charge on any atom is -0.496 e. The lowest BCUT2D eigenvalue weighted by Crippen LogP contribution is -2.34. The molecule has 0 radical (unpaired) electrons. The number of hydrogen-bond acceptors (Lipinski definition) is 7. The van der Waals surface area contributed by atoms with Crippen LogP contribution >= 0.6 is 11.3 Å². The van der Waals surface area contributed by atoms with Crippen LogP contribution in [0.5, 0.6) is 5.75 Å². The van der Waals surface area contributed by atoms with E-state index in [4.69, 9.17) is 14.6 Å². The van der Waals surface area contributed by atoms with Gasteiger partial charge >= 0.3 is 5.97 Å². The summed E-state index contributed by atoms with van der Waals surface area (Å²) < 4.78 is 10.9. The fourth-order valence-electron chi connectivity index (χ4n) is 3.84. The van der Waals surface area contributed by atoms with Gasteiger partial charge in [0.15, 0.2) is 10.8 Å². The van der Waals surface area contributed by atoms with Crippen LogP contribution in [0, 0.1) is 0 Å². The number of amides is 2. The van der Waals surface area contributed by atoms with Gasteiger partial charge in [-0.25, -0.2) is 9.78 Å². The standard InChI is InChI=1S/C22H23N3O6S/c1-30-18-3-2-14(7-15(18)6-13-4-5-31-11-13)16-8-20(27)25(9-16)10-19(26)24-22-23-17(12-32-22)21(28)29/h2-3,6-7,12,16H,4-5,8-11H2,1H3,(H,28,29)(H,23,24,26)/b13-6-/t16-/m1/s1. The third-order valence-corrected chi connectivity index (χ3v) is 6.22. The van der Waals surface area contributed by atoms with Gasteiger partial charge in [-0.05, 0) is 35.8 Å². The summed E-state index contributed by atoms with van der Waals surface area (Å²) in [5, 5.41) is 13.0. The van der Waals surface area contributed by atoms with Crippen molar-refractivity contribution in [2.45, 2.75) is 18.8 Å². The Morgan fingerprint density at radius 3 is 2.97 bits per heavy atom. The minimum absolute atomic E-state index is 0.0309. The van der Waals surface area contributed by atoms with E-state index in [2.05, 4.69) is 16.4 Å². The van der Waals surface area contributed by atoms with Crippen LogP contribution in [0.15, 0.2) is 29.2 Å². The van der Waals surface area contributed by atoms with Crippen LogP contribution in [-0.4, -0.2) is 66.2 Å². The number of aromatic carboxylic acids is 1. The predicted molar refractivity (Wildman–Crippen MR) is 118 cm³/mol. The van der Waals surface area contributed by atoms with E-state index in [1.165, 1.54) is 15.9 Å². The summed E-state index contributed by atoms with van der Waals surface area (Å²) in [7, 11) is 1.63. The van der Waals surface area contributed by atoms with E-state index >= 15 is 0 Å². The van der Waals surface area contributed by atoms with Crippen LogP contribution in [0.2, 0.25) is 0 Å². The van der Waals surface area contributed by atoms with Gasteiger partial charge in [-0.2, -0.15) is 0 Å². The van der Waals surface area contributed by atoms with Gasteiger partial charge in [0.2, 0.25) is 11.8 Å². The Bertz CT molecular complexity index is 1070. The van der Waals surface area contributed by atoms with Crippen LogP contribution in [-0.2, 0) is 14.3 Å². The van der Waals surface area contributed by atoms with E-state index in [1.807, 2.05) is 18.2 Å². The molecule has 10 heteroatoms. The van der Waals surface area contributed by atoms with Crippen LogP contribution in [0.4, 0.5) is 5.13 Å². The molecular formula is C22H23N3O6S. The molecule has 0 aliphatic carbocycles. The van der Waals surface area contributed by atoms with E-state index in [0.29, 0.717) is 19.6 Å². The first-order valence-electron chi connectivity index (χ1n) is 10.1. The van der Waals surface area contributed by atoms with Gasteiger partial charge in [0, 0.05) is 29.8 Å². The number of thiazole rings is 1. The van der Waals surface area contributed by atoms with Crippen molar-refractivity contribution >= 4 is 40.3 Å². The summed E-state index contributed by atoms with van der Waals surface area (Å²) >= 11 is 1.03. The molecule has 0 saturated carbocycles. The molecule has 2 amide bonds. The first-order valence-corrected chi connectivity index (χ1v) is 11.0. The lowest BCUT2D eigenvalue weighted by Gasteiger charge is -2.16. The topological polar surface area (TPSA) is 118 Å². The number of ether oxygens (including phenoxy) is 2. The zero-order chi connectivity index (χ0) is 22.7. The molecule has 2 aliphatic rings. The average Bonchev–Trinajstić information content (AvgIpc) is 3.51. The maximum Gasteiger partial charge on any atom is 0.355 e. The number of anilines is 1. The summed E-state index contributed by atoms with van der Waals surface area (Å²) in [6, 6.07) is 5.89. The Labute approximate surface area is 188 Å². The van der Waals surface area contributed by atoms with Crippen molar-refractivity contribution in [2.75, 3.05) is 38.7 Å². The Kier molecular flexibility index (Phi) is 6.52. The number of rotatable bonds is 7. The number of nitrogens with zero attached hydrogens (tertiary/aromatic N) is 2. The number of nitrogens with one attached hydrogen (secondary N) is 1. The third kappa shape index (κ3) is 4.97. The van der Waals surface area contributed by atoms with E-state index in [1.54, 1.807) is 7.11 Å².